The third-order valence-corrected chi connectivity index (χ3v) is 8.25. The van der Waals surface area contributed by atoms with Crippen molar-refractivity contribution in [2.75, 3.05) is 33.3 Å². The summed E-state index contributed by atoms with van der Waals surface area (Å²) in [6, 6.07) is 4.47. The normalized spacial score (nSPS) is 20.5. The van der Waals surface area contributed by atoms with Crippen molar-refractivity contribution >= 4 is 21.8 Å². The number of nitrogens with one attached hydrogen (secondary N) is 1. The second kappa shape index (κ2) is 9.16. The minimum atomic E-state index is -3.80. The molecule has 2 aliphatic carbocycles. The molecule has 1 aromatic rings. The largest absolute Gasteiger partial charge is 0.495 e. The number of ether oxygens (including phenoxy) is 1. The average Bonchev–Trinajstić information content (AvgIpc) is 3.24. The second-order valence-electron chi connectivity index (χ2n) is 8.71. The van der Waals surface area contributed by atoms with E-state index in [2.05, 4.69) is 4.72 Å². The number of benzene rings is 1. The summed E-state index contributed by atoms with van der Waals surface area (Å²) in [6.07, 6.45) is 6.73. The molecular formula is C22H31N3O5S. The van der Waals surface area contributed by atoms with Crippen LogP contribution in [-0.2, 0) is 14.8 Å². The first-order valence-electron chi connectivity index (χ1n) is 11.2. The Morgan fingerprint density at radius 2 is 1.61 bits per heavy atom. The maximum absolute atomic E-state index is 13.1. The van der Waals surface area contributed by atoms with Gasteiger partial charge >= 0.3 is 0 Å². The van der Waals surface area contributed by atoms with Crippen molar-refractivity contribution in [1.82, 2.24) is 14.5 Å². The van der Waals surface area contributed by atoms with Crippen LogP contribution in [0.3, 0.4) is 0 Å². The van der Waals surface area contributed by atoms with Crippen molar-refractivity contribution in [2.24, 2.45) is 5.92 Å². The van der Waals surface area contributed by atoms with E-state index >= 15 is 0 Å². The van der Waals surface area contributed by atoms with Crippen LogP contribution in [0.15, 0.2) is 23.1 Å². The van der Waals surface area contributed by atoms with Crippen molar-refractivity contribution in [3.8, 4) is 5.75 Å². The van der Waals surface area contributed by atoms with Crippen LogP contribution >= 0.6 is 0 Å². The van der Waals surface area contributed by atoms with E-state index in [-0.39, 0.29) is 34.4 Å². The van der Waals surface area contributed by atoms with Gasteiger partial charge in [0.25, 0.3) is 5.91 Å². The molecule has 2 saturated carbocycles. The van der Waals surface area contributed by atoms with E-state index in [4.69, 9.17) is 4.74 Å². The molecule has 3 aliphatic rings. The van der Waals surface area contributed by atoms with Gasteiger partial charge in [-0.1, -0.05) is 19.3 Å². The molecule has 0 aromatic heterocycles. The lowest BCUT2D eigenvalue weighted by Gasteiger charge is -2.38. The first-order valence-corrected chi connectivity index (χ1v) is 12.7. The van der Waals surface area contributed by atoms with E-state index in [9.17, 15) is 18.0 Å². The van der Waals surface area contributed by atoms with Crippen molar-refractivity contribution in [2.45, 2.75) is 55.9 Å². The molecule has 1 saturated heterocycles. The maximum atomic E-state index is 13.1. The van der Waals surface area contributed by atoms with Crippen LogP contribution in [0.2, 0.25) is 0 Å². The van der Waals surface area contributed by atoms with Crippen LogP contribution in [0, 0.1) is 5.92 Å². The van der Waals surface area contributed by atoms with Crippen LogP contribution in [0.5, 0.6) is 5.75 Å². The number of hydrogen-bond donors (Lipinski definition) is 1. The predicted molar refractivity (Wildman–Crippen MR) is 115 cm³/mol. The summed E-state index contributed by atoms with van der Waals surface area (Å²) < 4.78 is 34.0. The molecule has 0 atom stereocenters. The van der Waals surface area contributed by atoms with Gasteiger partial charge in [-0.25, -0.2) is 13.1 Å². The van der Waals surface area contributed by atoms with Gasteiger partial charge in [-0.05, 0) is 43.9 Å². The lowest BCUT2D eigenvalue weighted by molar-refractivity contribution is -0.139. The highest BCUT2D eigenvalue weighted by Crippen LogP contribution is 2.30. The number of carbonyl (C=O) groups is 2. The molecule has 3 fully saturated rings. The molecule has 8 nitrogen and oxygen atoms in total. The number of nitrogens with zero attached hydrogens (tertiary/aromatic N) is 2. The van der Waals surface area contributed by atoms with Crippen LogP contribution in [0.25, 0.3) is 0 Å². The highest BCUT2D eigenvalue weighted by molar-refractivity contribution is 7.89. The molecule has 31 heavy (non-hydrogen) atoms. The van der Waals surface area contributed by atoms with Crippen molar-refractivity contribution in [1.29, 1.82) is 0 Å². The number of hydrogen-bond acceptors (Lipinski definition) is 5. The molecule has 9 heteroatoms. The Hall–Kier alpha value is -2.13. The fraction of sp³-hybridized carbons (Fsp3) is 0.636. The average molecular weight is 450 g/mol. The van der Waals surface area contributed by atoms with E-state index in [1.807, 2.05) is 4.90 Å². The summed E-state index contributed by atoms with van der Waals surface area (Å²) in [4.78, 5) is 29.0. The Kier molecular flexibility index (Phi) is 6.52. The minimum absolute atomic E-state index is 0.00783. The first kappa shape index (κ1) is 22.1. The Balaban J connectivity index is 1.46. The molecule has 0 spiro atoms. The van der Waals surface area contributed by atoms with E-state index < -0.39 is 10.0 Å². The third kappa shape index (κ3) is 4.72. The quantitative estimate of drug-likeness (QED) is 0.717. The monoisotopic (exact) mass is 449 g/mol. The van der Waals surface area contributed by atoms with Crippen molar-refractivity contribution < 1.29 is 22.7 Å². The van der Waals surface area contributed by atoms with Gasteiger partial charge in [0.15, 0.2) is 0 Å². The lowest BCUT2D eigenvalue weighted by atomic mass is 9.84. The van der Waals surface area contributed by atoms with Gasteiger partial charge in [-0.15, -0.1) is 0 Å². The molecule has 0 unspecified atom stereocenters. The van der Waals surface area contributed by atoms with Gasteiger partial charge in [0.1, 0.15) is 10.6 Å². The molecule has 1 aliphatic heterocycles. The van der Waals surface area contributed by atoms with E-state index in [0.29, 0.717) is 31.7 Å². The van der Waals surface area contributed by atoms with E-state index in [1.54, 1.807) is 11.0 Å². The molecule has 170 valence electrons. The molecule has 2 amide bonds. The summed E-state index contributed by atoms with van der Waals surface area (Å²) in [5.74, 6) is 0.354. The highest BCUT2D eigenvalue weighted by atomic mass is 32.2. The SMILES string of the molecule is COc1ccc(C(=O)N2CCN(C(=O)C3CCC3)CC2)cc1S(=O)(=O)NC1CCCC1. The van der Waals surface area contributed by atoms with Crippen molar-refractivity contribution in [3.05, 3.63) is 23.8 Å². The summed E-state index contributed by atoms with van der Waals surface area (Å²) in [5, 5.41) is 0. The lowest BCUT2D eigenvalue weighted by Crippen LogP contribution is -2.52. The van der Waals surface area contributed by atoms with Crippen LogP contribution in [0.4, 0.5) is 0 Å². The number of piperazine rings is 1. The zero-order chi connectivity index (χ0) is 22.0. The number of methoxy groups -OCH3 is 1. The third-order valence-electron chi connectivity index (χ3n) is 6.71. The van der Waals surface area contributed by atoms with Crippen molar-refractivity contribution in [3.63, 3.8) is 0 Å². The maximum Gasteiger partial charge on any atom is 0.254 e. The van der Waals surface area contributed by atoms with Gasteiger partial charge in [-0.3, -0.25) is 9.59 Å². The Labute approximate surface area is 184 Å². The summed E-state index contributed by atoms with van der Waals surface area (Å²) in [6.45, 7) is 1.94. The van der Waals surface area contributed by atoms with Gasteiger partial charge in [0.2, 0.25) is 15.9 Å². The summed E-state index contributed by atoms with van der Waals surface area (Å²) in [7, 11) is -2.38. The Morgan fingerprint density at radius 1 is 0.968 bits per heavy atom. The Morgan fingerprint density at radius 3 is 2.19 bits per heavy atom. The van der Waals surface area contributed by atoms with Gasteiger partial charge < -0.3 is 14.5 Å². The fourth-order valence-corrected chi connectivity index (χ4v) is 6.07. The van der Waals surface area contributed by atoms with Crippen LogP contribution in [-0.4, -0.2) is 69.4 Å². The standard InChI is InChI=1S/C22H31N3O5S/c1-30-19-10-9-17(15-20(19)31(28,29)23-18-7-2-3-8-18)22(27)25-13-11-24(12-14-25)21(26)16-5-4-6-16/h9-10,15-16,18,23H,2-8,11-14H2,1H3. The first-order chi connectivity index (χ1) is 14.9. The van der Waals surface area contributed by atoms with E-state index in [0.717, 1.165) is 44.9 Å². The van der Waals surface area contributed by atoms with Gasteiger partial charge in [0, 0.05) is 43.7 Å². The molecule has 1 heterocycles. The zero-order valence-corrected chi connectivity index (χ0v) is 18.8. The summed E-state index contributed by atoms with van der Waals surface area (Å²) >= 11 is 0. The zero-order valence-electron chi connectivity index (χ0n) is 18.0. The van der Waals surface area contributed by atoms with Gasteiger partial charge in [0.05, 0.1) is 7.11 Å². The number of sulfonamides is 1. The number of rotatable bonds is 6. The molecule has 0 radical (unpaired) electrons. The van der Waals surface area contributed by atoms with Crippen LogP contribution < -0.4 is 9.46 Å². The second-order valence-corrected chi connectivity index (χ2v) is 10.4. The molecule has 1 N–H and O–H groups in total. The van der Waals surface area contributed by atoms with Crippen LogP contribution in [0.1, 0.15) is 55.3 Å². The molecule has 1 aromatic carbocycles. The Bertz CT molecular complexity index is 930. The molecule has 0 bridgehead atoms. The predicted octanol–water partition coefficient (Wildman–Crippen LogP) is 2.00. The smallest absolute Gasteiger partial charge is 0.254 e. The molecular weight excluding hydrogens is 418 g/mol. The number of carbonyl (C=O) groups excluding carboxylic acids is 2. The topological polar surface area (TPSA) is 96.0 Å². The number of amides is 2. The summed E-state index contributed by atoms with van der Waals surface area (Å²) in [5.41, 5.74) is 0.311. The molecule has 4 rings (SSSR count). The minimum Gasteiger partial charge on any atom is -0.495 e. The van der Waals surface area contributed by atoms with Gasteiger partial charge in [-0.2, -0.15) is 0 Å². The van der Waals surface area contributed by atoms with E-state index in [1.165, 1.54) is 19.2 Å². The fourth-order valence-electron chi connectivity index (χ4n) is 4.57. The highest BCUT2D eigenvalue weighted by Gasteiger charge is 2.33.